The van der Waals surface area contributed by atoms with E-state index >= 15 is 0 Å². The molecule has 1 fully saturated rings. The van der Waals surface area contributed by atoms with E-state index in [9.17, 15) is 4.79 Å². The van der Waals surface area contributed by atoms with Gasteiger partial charge in [0.1, 0.15) is 0 Å². The predicted octanol–water partition coefficient (Wildman–Crippen LogP) is 5.09. The smallest absolute Gasteiger partial charge is 0.233 e. The highest BCUT2D eigenvalue weighted by Gasteiger charge is 2.23. The van der Waals surface area contributed by atoms with Gasteiger partial charge in [0, 0.05) is 42.6 Å². The molecule has 1 amide bonds. The van der Waals surface area contributed by atoms with Crippen LogP contribution in [0.2, 0.25) is 5.02 Å². The molecule has 1 aliphatic heterocycles. The minimum absolute atomic E-state index is 0.117. The van der Waals surface area contributed by atoms with Crippen molar-refractivity contribution in [3.8, 4) is 16.4 Å². The Bertz CT molecular complexity index is 1220. The Labute approximate surface area is 205 Å². The lowest BCUT2D eigenvalue weighted by Crippen LogP contribution is -2.49. The number of halogens is 1. The van der Waals surface area contributed by atoms with E-state index in [0.717, 1.165) is 45.3 Å². The molecule has 0 aliphatic carbocycles. The number of amides is 1. The first kappa shape index (κ1) is 22.0. The lowest BCUT2D eigenvalue weighted by molar-refractivity contribution is -0.128. The third kappa shape index (κ3) is 4.93. The summed E-state index contributed by atoms with van der Waals surface area (Å²) in [6, 6.07) is 21.9. The van der Waals surface area contributed by atoms with E-state index < -0.39 is 0 Å². The molecular weight excluding hydrogens is 474 g/mol. The van der Waals surface area contributed by atoms with Gasteiger partial charge in [-0.25, -0.2) is 0 Å². The average Bonchev–Trinajstić information content (AvgIpc) is 3.53. The number of rotatable bonds is 6. The van der Waals surface area contributed by atoms with Crippen LogP contribution in [0.5, 0.6) is 0 Å². The van der Waals surface area contributed by atoms with Crippen LogP contribution >= 0.6 is 34.7 Å². The number of hydrogen-bond acceptors (Lipinski definition) is 6. The van der Waals surface area contributed by atoms with E-state index in [-0.39, 0.29) is 5.91 Å². The number of para-hydroxylation sites is 1. The molecule has 4 aromatic rings. The summed E-state index contributed by atoms with van der Waals surface area (Å²) >= 11 is 9.18. The van der Waals surface area contributed by atoms with Crippen LogP contribution in [0.1, 0.15) is 0 Å². The zero-order chi connectivity index (χ0) is 22.6. The molecule has 0 spiro atoms. The summed E-state index contributed by atoms with van der Waals surface area (Å²) in [5, 5.41) is 12.3. The molecule has 0 bridgehead atoms. The summed E-state index contributed by atoms with van der Waals surface area (Å²) in [6.45, 7) is 2.97. The number of thiophene rings is 1. The highest BCUT2D eigenvalue weighted by molar-refractivity contribution is 7.99. The van der Waals surface area contributed by atoms with Gasteiger partial charge in [-0.1, -0.05) is 53.7 Å². The Morgan fingerprint density at radius 1 is 0.939 bits per heavy atom. The largest absolute Gasteiger partial charge is 0.368 e. The van der Waals surface area contributed by atoms with Crippen molar-refractivity contribution in [2.75, 3.05) is 36.8 Å². The average molecular weight is 496 g/mol. The van der Waals surface area contributed by atoms with Crippen molar-refractivity contribution < 1.29 is 4.79 Å². The Morgan fingerprint density at radius 3 is 2.45 bits per heavy atom. The number of nitrogens with zero attached hydrogens (tertiary/aromatic N) is 5. The highest BCUT2D eigenvalue weighted by atomic mass is 35.5. The van der Waals surface area contributed by atoms with E-state index in [2.05, 4.69) is 21.2 Å². The van der Waals surface area contributed by atoms with Crippen molar-refractivity contribution in [3.63, 3.8) is 0 Å². The summed E-state index contributed by atoms with van der Waals surface area (Å²) < 4.78 is 2.03. The number of carbonyl (C=O) groups is 1. The lowest BCUT2D eigenvalue weighted by Gasteiger charge is -2.36. The molecular formula is C24H22ClN5OS2. The van der Waals surface area contributed by atoms with Gasteiger partial charge in [-0.15, -0.1) is 21.5 Å². The number of anilines is 1. The molecule has 3 heterocycles. The maximum absolute atomic E-state index is 13.0. The molecule has 0 unspecified atom stereocenters. The molecule has 2 aromatic carbocycles. The lowest BCUT2D eigenvalue weighted by atomic mass is 10.2. The fourth-order valence-electron chi connectivity index (χ4n) is 3.84. The molecule has 6 nitrogen and oxygen atoms in total. The number of thioether (sulfide) groups is 1. The highest BCUT2D eigenvalue weighted by Crippen LogP contribution is 2.30. The summed E-state index contributed by atoms with van der Waals surface area (Å²) in [7, 11) is 0. The predicted molar refractivity (Wildman–Crippen MR) is 136 cm³/mol. The summed E-state index contributed by atoms with van der Waals surface area (Å²) in [6.07, 6.45) is 0. The standard InChI is InChI=1S/C24H22ClN5OS2/c25-18-6-4-9-20(16-18)28-11-13-29(14-12-28)22(31)17-33-24-27-26-23(21-10-5-15-32-21)30(24)19-7-2-1-3-8-19/h1-10,15-16H,11-14,17H2. The number of hydrogen-bond donors (Lipinski definition) is 0. The molecule has 1 saturated heterocycles. The number of piperazine rings is 1. The normalized spacial score (nSPS) is 14.0. The third-order valence-corrected chi connectivity index (χ3v) is 7.53. The van der Waals surface area contributed by atoms with Gasteiger partial charge in [-0.2, -0.15) is 0 Å². The van der Waals surface area contributed by atoms with Crippen LogP contribution in [-0.2, 0) is 4.79 Å². The molecule has 0 atom stereocenters. The van der Waals surface area contributed by atoms with Crippen LogP contribution in [-0.4, -0.2) is 57.5 Å². The maximum atomic E-state index is 13.0. The molecule has 0 N–H and O–H groups in total. The van der Waals surface area contributed by atoms with Crippen molar-refractivity contribution >= 4 is 46.3 Å². The molecule has 168 valence electrons. The molecule has 1 aliphatic rings. The van der Waals surface area contributed by atoms with Crippen molar-refractivity contribution in [2.45, 2.75) is 5.16 Å². The van der Waals surface area contributed by atoms with Gasteiger partial charge in [0.2, 0.25) is 5.91 Å². The SMILES string of the molecule is O=C(CSc1nnc(-c2cccs2)n1-c1ccccc1)N1CCN(c2cccc(Cl)c2)CC1. The van der Waals surface area contributed by atoms with Gasteiger partial charge in [0.05, 0.1) is 10.6 Å². The maximum Gasteiger partial charge on any atom is 0.233 e. The van der Waals surface area contributed by atoms with E-state index in [1.165, 1.54) is 11.8 Å². The molecule has 5 rings (SSSR count). The van der Waals surface area contributed by atoms with Crippen LogP contribution in [0, 0.1) is 0 Å². The van der Waals surface area contributed by atoms with Crippen molar-refractivity contribution in [1.82, 2.24) is 19.7 Å². The molecule has 9 heteroatoms. The fourth-order valence-corrected chi connectivity index (χ4v) is 5.58. The Hall–Kier alpha value is -2.81. The molecule has 2 aromatic heterocycles. The van der Waals surface area contributed by atoms with Crippen LogP contribution < -0.4 is 4.90 Å². The van der Waals surface area contributed by atoms with Gasteiger partial charge in [0.15, 0.2) is 11.0 Å². The van der Waals surface area contributed by atoms with Gasteiger partial charge < -0.3 is 9.80 Å². The third-order valence-electron chi connectivity index (χ3n) is 5.52. The van der Waals surface area contributed by atoms with Crippen LogP contribution in [0.3, 0.4) is 0 Å². The van der Waals surface area contributed by atoms with Crippen molar-refractivity contribution in [2.24, 2.45) is 0 Å². The monoisotopic (exact) mass is 495 g/mol. The van der Waals surface area contributed by atoms with Crippen LogP contribution in [0.4, 0.5) is 5.69 Å². The Kier molecular flexibility index (Phi) is 6.66. The first-order valence-corrected chi connectivity index (χ1v) is 12.9. The van der Waals surface area contributed by atoms with Gasteiger partial charge in [0.25, 0.3) is 0 Å². The fraction of sp³-hybridized carbons (Fsp3) is 0.208. The van der Waals surface area contributed by atoms with Gasteiger partial charge in [-0.05, 0) is 41.8 Å². The quantitative estimate of drug-likeness (QED) is 0.349. The van der Waals surface area contributed by atoms with Gasteiger partial charge in [-0.3, -0.25) is 9.36 Å². The minimum atomic E-state index is 0.117. The number of carbonyl (C=O) groups excluding carboxylic acids is 1. The zero-order valence-corrected chi connectivity index (χ0v) is 20.2. The van der Waals surface area contributed by atoms with Crippen LogP contribution in [0.15, 0.2) is 77.3 Å². The number of benzene rings is 2. The van der Waals surface area contributed by atoms with Crippen LogP contribution in [0.25, 0.3) is 16.4 Å². The number of aromatic nitrogens is 3. The van der Waals surface area contributed by atoms with E-state index in [1.807, 2.05) is 75.5 Å². The second-order valence-corrected chi connectivity index (χ2v) is 9.92. The summed E-state index contributed by atoms with van der Waals surface area (Å²) in [4.78, 5) is 18.2. The summed E-state index contributed by atoms with van der Waals surface area (Å²) in [5.41, 5.74) is 2.08. The van der Waals surface area contributed by atoms with E-state index in [0.29, 0.717) is 18.8 Å². The molecule has 0 radical (unpaired) electrons. The minimum Gasteiger partial charge on any atom is -0.368 e. The molecule has 33 heavy (non-hydrogen) atoms. The van der Waals surface area contributed by atoms with Gasteiger partial charge >= 0.3 is 0 Å². The summed E-state index contributed by atoms with van der Waals surface area (Å²) in [5.74, 6) is 1.24. The van der Waals surface area contributed by atoms with E-state index in [4.69, 9.17) is 11.6 Å². The Balaban J connectivity index is 1.26. The second-order valence-electron chi connectivity index (χ2n) is 7.59. The molecule has 0 saturated carbocycles. The zero-order valence-electron chi connectivity index (χ0n) is 17.8. The van der Waals surface area contributed by atoms with E-state index in [1.54, 1.807) is 11.3 Å². The van der Waals surface area contributed by atoms with Crippen molar-refractivity contribution in [3.05, 3.63) is 77.1 Å². The second kappa shape index (κ2) is 9.99. The first-order valence-electron chi connectivity index (χ1n) is 10.6. The van der Waals surface area contributed by atoms with Crippen molar-refractivity contribution in [1.29, 1.82) is 0 Å². The topological polar surface area (TPSA) is 54.3 Å². The Morgan fingerprint density at radius 2 is 1.73 bits per heavy atom. The first-order chi connectivity index (χ1) is 16.2.